The van der Waals surface area contributed by atoms with Crippen LogP contribution in [0.5, 0.6) is 5.75 Å². The van der Waals surface area contributed by atoms with E-state index in [-0.39, 0.29) is 31.2 Å². The SMILES string of the molecule is COc1ccc(CN2C(=O)NC(CCC(=O)NCCc3c[nH]c4ccccc34)C2=O)cc1. The van der Waals surface area contributed by atoms with E-state index in [1.165, 1.54) is 4.90 Å². The number of methoxy groups -OCH3 is 1. The van der Waals surface area contributed by atoms with Gasteiger partial charge < -0.3 is 20.4 Å². The summed E-state index contributed by atoms with van der Waals surface area (Å²) in [6.07, 6.45) is 3.11. The number of hydrogen-bond donors (Lipinski definition) is 3. The van der Waals surface area contributed by atoms with Crippen LogP contribution in [0, 0.1) is 0 Å². The number of rotatable bonds is 9. The second-order valence-electron chi connectivity index (χ2n) is 7.77. The molecular formula is C24H26N4O4. The van der Waals surface area contributed by atoms with E-state index in [0.29, 0.717) is 18.7 Å². The number of H-pyrrole nitrogens is 1. The molecule has 2 heterocycles. The van der Waals surface area contributed by atoms with Gasteiger partial charge in [0, 0.05) is 30.1 Å². The van der Waals surface area contributed by atoms with E-state index in [1.54, 1.807) is 19.2 Å². The first-order chi connectivity index (χ1) is 15.5. The fourth-order valence-corrected chi connectivity index (χ4v) is 3.87. The van der Waals surface area contributed by atoms with Gasteiger partial charge in [0.15, 0.2) is 0 Å². The number of nitrogens with one attached hydrogen (secondary N) is 3. The van der Waals surface area contributed by atoms with Crippen LogP contribution < -0.4 is 15.4 Å². The van der Waals surface area contributed by atoms with E-state index < -0.39 is 12.1 Å². The molecule has 0 spiro atoms. The number of ether oxygens (including phenoxy) is 1. The van der Waals surface area contributed by atoms with Gasteiger partial charge in [0.1, 0.15) is 11.8 Å². The molecule has 3 N–H and O–H groups in total. The van der Waals surface area contributed by atoms with Gasteiger partial charge >= 0.3 is 6.03 Å². The van der Waals surface area contributed by atoms with Crippen molar-refractivity contribution in [2.75, 3.05) is 13.7 Å². The maximum Gasteiger partial charge on any atom is 0.325 e. The van der Waals surface area contributed by atoms with Gasteiger partial charge in [0.2, 0.25) is 5.91 Å². The first-order valence-corrected chi connectivity index (χ1v) is 10.6. The molecule has 1 aliphatic rings. The van der Waals surface area contributed by atoms with Gasteiger partial charge in [-0.15, -0.1) is 0 Å². The van der Waals surface area contributed by atoms with Crippen molar-refractivity contribution in [2.24, 2.45) is 0 Å². The lowest BCUT2D eigenvalue weighted by atomic mass is 10.1. The maximum atomic E-state index is 12.6. The number of hydrogen-bond acceptors (Lipinski definition) is 4. The molecule has 1 saturated heterocycles. The zero-order valence-electron chi connectivity index (χ0n) is 17.9. The molecule has 1 fully saturated rings. The number of aromatic nitrogens is 1. The second kappa shape index (κ2) is 9.55. The molecule has 0 radical (unpaired) electrons. The first kappa shape index (κ1) is 21.4. The van der Waals surface area contributed by atoms with Crippen LogP contribution in [0.4, 0.5) is 4.79 Å². The number of benzene rings is 2. The number of imide groups is 1. The Hall–Kier alpha value is -3.81. The van der Waals surface area contributed by atoms with Gasteiger partial charge in [-0.2, -0.15) is 0 Å². The third kappa shape index (κ3) is 4.74. The fraction of sp³-hybridized carbons (Fsp3) is 0.292. The summed E-state index contributed by atoms with van der Waals surface area (Å²) in [6, 6.07) is 14.1. The summed E-state index contributed by atoms with van der Waals surface area (Å²) in [4.78, 5) is 41.5. The van der Waals surface area contributed by atoms with Gasteiger partial charge in [0.25, 0.3) is 5.91 Å². The average Bonchev–Trinajstić information content (AvgIpc) is 3.34. The molecule has 3 aromatic rings. The van der Waals surface area contributed by atoms with Crippen LogP contribution >= 0.6 is 0 Å². The third-order valence-corrected chi connectivity index (χ3v) is 5.66. The molecule has 1 unspecified atom stereocenters. The molecule has 8 nitrogen and oxygen atoms in total. The van der Waals surface area contributed by atoms with Crippen molar-refractivity contribution < 1.29 is 19.1 Å². The number of nitrogens with zero attached hydrogens (tertiary/aromatic N) is 1. The number of aromatic amines is 1. The lowest BCUT2D eigenvalue weighted by molar-refractivity contribution is -0.128. The van der Waals surface area contributed by atoms with E-state index >= 15 is 0 Å². The Balaban J connectivity index is 1.23. The molecule has 0 saturated carbocycles. The number of carbonyl (C=O) groups excluding carboxylic acids is 3. The summed E-state index contributed by atoms with van der Waals surface area (Å²) in [5.74, 6) is 0.262. The zero-order chi connectivity index (χ0) is 22.5. The minimum Gasteiger partial charge on any atom is -0.497 e. The molecule has 1 aromatic heterocycles. The Morgan fingerprint density at radius 2 is 1.91 bits per heavy atom. The molecule has 0 aliphatic carbocycles. The third-order valence-electron chi connectivity index (χ3n) is 5.66. The Morgan fingerprint density at radius 3 is 2.69 bits per heavy atom. The fourth-order valence-electron chi connectivity index (χ4n) is 3.87. The minimum absolute atomic E-state index is 0.138. The molecule has 166 valence electrons. The summed E-state index contributed by atoms with van der Waals surface area (Å²) in [5, 5.41) is 6.73. The summed E-state index contributed by atoms with van der Waals surface area (Å²) in [5.41, 5.74) is 3.04. The van der Waals surface area contributed by atoms with Gasteiger partial charge in [-0.3, -0.25) is 14.5 Å². The molecule has 1 aliphatic heterocycles. The molecule has 4 amide bonds. The highest BCUT2D eigenvalue weighted by molar-refractivity contribution is 6.04. The van der Waals surface area contributed by atoms with Crippen molar-refractivity contribution in [1.82, 2.24) is 20.5 Å². The lowest BCUT2D eigenvalue weighted by Gasteiger charge is -2.13. The number of para-hydroxylation sites is 1. The molecule has 4 rings (SSSR count). The topological polar surface area (TPSA) is 104 Å². The van der Waals surface area contributed by atoms with Gasteiger partial charge in [0.05, 0.1) is 13.7 Å². The normalized spacial score (nSPS) is 15.8. The largest absolute Gasteiger partial charge is 0.497 e. The minimum atomic E-state index is -0.680. The number of fused-ring (bicyclic) bond motifs is 1. The van der Waals surface area contributed by atoms with Crippen LogP contribution in [-0.4, -0.2) is 47.4 Å². The van der Waals surface area contributed by atoms with E-state index in [2.05, 4.69) is 21.7 Å². The van der Waals surface area contributed by atoms with Crippen molar-refractivity contribution in [3.63, 3.8) is 0 Å². The summed E-state index contributed by atoms with van der Waals surface area (Å²) >= 11 is 0. The van der Waals surface area contributed by atoms with Crippen molar-refractivity contribution in [1.29, 1.82) is 0 Å². The van der Waals surface area contributed by atoms with Crippen LogP contribution in [0.3, 0.4) is 0 Å². The predicted octanol–water partition coefficient (Wildman–Crippen LogP) is 2.74. The smallest absolute Gasteiger partial charge is 0.325 e. The Morgan fingerprint density at radius 1 is 1.12 bits per heavy atom. The van der Waals surface area contributed by atoms with Gasteiger partial charge in [-0.1, -0.05) is 30.3 Å². The van der Waals surface area contributed by atoms with Crippen LogP contribution in [0.15, 0.2) is 54.7 Å². The summed E-state index contributed by atoms with van der Waals surface area (Å²) in [7, 11) is 1.58. The van der Waals surface area contributed by atoms with Gasteiger partial charge in [-0.25, -0.2) is 4.79 Å². The second-order valence-corrected chi connectivity index (χ2v) is 7.77. The number of amides is 4. The highest BCUT2D eigenvalue weighted by atomic mass is 16.5. The molecular weight excluding hydrogens is 408 g/mol. The van der Waals surface area contributed by atoms with Crippen LogP contribution in [-0.2, 0) is 22.6 Å². The molecule has 8 heteroatoms. The van der Waals surface area contributed by atoms with Crippen molar-refractivity contribution in [3.8, 4) is 5.75 Å². The summed E-state index contributed by atoms with van der Waals surface area (Å²) < 4.78 is 5.12. The zero-order valence-corrected chi connectivity index (χ0v) is 17.9. The maximum absolute atomic E-state index is 12.6. The summed E-state index contributed by atoms with van der Waals surface area (Å²) in [6.45, 7) is 0.692. The quantitative estimate of drug-likeness (QED) is 0.451. The Bertz CT molecular complexity index is 1120. The van der Waals surface area contributed by atoms with E-state index in [0.717, 1.165) is 22.0 Å². The standard InChI is InChI=1S/C24H26N4O4/c1-32-18-8-6-16(7-9-18)15-28-23(30)21(27-24(28)31)10-11-22(29)25-13-12-17-14-26-20-5-3-2-4-19(17)20/h2-9,14,21,26H,10-13,15H2,1H3,(H,25,29)(H,27,31). The van der Waals surface area contributed by atoms with E-state index in [1.807, 2.05) is 36.5 Å². The Kier molecular flexibility index (Phi) is 6.39. The van der Waals surface area contributed by atoms with Crippen molar-refractivity contribution in [2.45, 2.75) is 31.8 Å². The molecule has 1 atom stereocenters. The van der Waals surface area contributed by atoms with Crippen molar-refractivity contribution in [3.05, 3.63) is 65.9 Å². The molecule has 32 heavy (non-hydrogen) atoms. The molecule has 2 aromatic carbocycles. The lowest BCUT2D eigenvalue weighted by Crippen LogP contribution is -2.33. The van der Waals surface area contributed by atoms with Crippen LogP contribution in [0.1, 0.15) is 24.0 Å². The number of carbonyl (C=O) groups is 3. The number of urea groups is 1. The van der Waals surface area contributed by atoms with Crippen LogP contribution in [0.25, 0.3) is 10.9 Å². The van der Waals surface area contributed by atoms with Gasteiger partial charge in [-0.05, 0) is 42.2 Å². The monoisotopic (exact) mass is 434 g/mol. The predicted molar refractivity (Wildman–Crippen MR) is 120 cm³/mol. The highest BCUT2D eigenvalue weighted by Crippen LogP contribution is 2.19. The van der Waals surface area contributed by atoms with Crippen LogP contribution in [0.2, 0.25) is 0 Å². The van der Waals surface area contributed by atoms with E-state index in [4.69, 9.17) is 4.74 Å². The first-order valence-electron chi connectivity index (χ1n) is 10.6. The molecule has 0 bridgehead atoms. The Labute approximate surface area is 185 Å². The highest BCUT2D eigenvalue weighted by Gasteiger charge is 2.37. The average molecular weight is 434 g/mol. The van der Waals surface area contributed by atoms with E-state index in [9.17, 15) is 14.4 Å². The van der Waals surface area contributed by atoms with Crippen molar-refractivity contribution >= 4 is 28.7 Å².